The molecule has 1 aliphatic rings. The Morgan fingerprint density at radius 2 is 1.59 bits per heavy atom. The minimum Gasteiger partial charge on any atom is -0.484 e. The van der Waals surface area contributed by atoms with E-state index in [0.29, 0.717) is 11.7 Å². The largest absolute Gasteiger partial charge is 0.484 e. The quantitative estimate of drug-likeness (QED) is 0.813. The molecule has 0 aliphatic carbocycles. The van der Waals surface area contributed by atoms with E-state index < -0.39 is 0 Å². The molecule has 154 valence electrons. The molecule has 2 aromatic carbocycles. The van der Waals surface area contributed by atoms with Gasteiger partial charge in [0.25, 0.3) is 5.91 Å². The molecule has 1 heterocycles. The number of rotatable bonds is 6. The molecule has 1 saturated heterocycles. The smallest absolute Gasteiger partial charge is 0.262 e. The van der Waals surface area contributed by atoms with Gasteiger partial charge in [0.2, 0.25) is 5.91 Å². The van der Waals surface area contributed by atoms with Crippen LogP contribution in [0.15, 0.2) is 48.5 Å². The molecule has 29 heavy (non-hydrogen) atoms. The molecule has 2 aromatic rings. The second-order valence-electron chi connectivity index (χ2n) is 7.60. The maximum absolute atomic E-state index is 12.2. The highest BCUT2D eigenvalue weighted by atomic mass is 16.5. The van der Waals surface area contributed by atoms with E-state index in [4.69, 9.17) is 4.74 Å². The molecule has 1 aliphatic heterocycles. The van der Waals surface area contributed by atoms with Crippen molar-refractivity contribution in [3.63, 3.8) is 0 Å². The molecule has 0 atom stereocenters. The Morgan fingerprint density at radius 3 is 2.14 bits per heavy atom. The highest BCUT2D eigenvalue weighted by Crippen LogP contribution is 2.20. The lowest BCUT2D eigenvalue weighted by Gasteiger charge is -2.35. The lowest BCUT2D eigenvalue weighted by atomic mass is 10.0. The number of hydrogen-bond donors (Lipinski definition) is 1. The summed E-state index contributed by atoms with van der Waals surface area (Å²) in [5.74, 6) is 1.08. The van der Waals surface area contributed by atoms with Crippen LogP contribution in [0.3, 0.4) is 0 Å². The average molecular weight is 396 g/mol. The summed E-state index contributed by atoms with van der Waals surface area (Å²) in [5.41, 5.74) is 3.07. The molecule has 0 radical (unpaired) electrons. The fourth-order valence-corrected chi connectivity index (χ4v) is 3.33. The molecule has 6 nitrogen and oxygen atoms in total. The fourth-order valence-electron chi connectivity index (χ4n) is 3.33. The number of carbonyl (C=O) groups excluding carboxylic acids is 2. The molecule has 0 aromatic heterocycles. The number of piperazine rings is 1. The van der Waals surface area contributed by atoms with Gasteiger partial charge >= 0.3 is 0 Å². The van der Waals surface area contributed by atoms with Gasteiger partial charge < -0.3 is 19.9 Å². The van der Waals surface area contributed by atoms with Gasteiger partial charge in [-0.2, -0.15) is 0 Å². The van der Waals surface area contributed by atoms with Crippen molar-refractivity contribution in [2.24, 2.45) is 0 Å². The van der Waals surface area contributed by atoms with Crippen LogP contribution in [0.1, 0.15) is 32.3 Å². The summed E-state index contributed by atoms with van der Waals surface area (Å²) in [6.45, 7) is 8.96. The third-order valence-corrected chi connectivity index (χ3v) is 5.16. The van der Waals surface area contributed by atoms with Crippen molar-refractivity contribution in [1.82, 2.24) is 4.90 Å². The SMILES string of the molecule is CC(=O)N1CCN(c2ccc(NC(=O)COc3ccc(C(C)C)cc3)cc2)CC1. The topological polar surface area (TPSA) is 61.9 Å². The van der Waals surface area contributed by atoms with E-state index >= 15 is 0 Å². The molecular formula is C23H29N3O3. The van der Waals surface area contributed by atoms with Crippen molar-refractivity contribution in [2.75, 3.05) is 43.0 Å². The zero-order valence-electron chi connectivity index (χ0n) is 17.4. The van der Waals surface area contributed by atoms with Gasteiger partial charge in [-0.3, -0.25) is 9.59 Å². The van der Waals surface area contributed by atoms with Crippen LogP contribution < -0.4 is 15.0 Å². The minimum absolute atomic E-state index is 0.0320. The number of hydrogen-bond acceptors (Lipinski definition) is 4. The number of amides is 2. The van der Waals surface area contributed by atoms with Crippen molar-refractivity contribution in [1.29, 1.82) is 0 Å². The summed E-state index contributed by atoms with van der Waals surface area (Å²) in [6, 6.07) is 15.6. The van der Waals surface area contributed by atoms with Crippen LogP contribution in [-0.4, -0.2) is 49.5 Å². The number of anilines is 2. The standard InChI is InChI=1S/C23H29N3O3/c1-17(2)19-4-10-22(11-5-19)29-16-23(28)24-20-6-8-21(9-7-20)26-14-12-25(13-15-26)18(3)27/h4-11,17H,12-16H2,1-3H3,(H,24,28). The summed E-state index contributed by atoms with van der Waals surface area (Å²) in [4.78, 5) is 27.7. The summed E-state index contributed by atoms with van der Waals surface area (Å²) >= 11 is 0. The van der Waals surface area contributed by atoms with Gasteiger partial charge in [-0.05, 0) is 47.9 Å². The first kappa shape index (κ1) is 20.7. The van der Waals surface area contributed by atoms with E-state index in [9.17, 15) is 9.59 Å². The van der Waals surface area contributed by atoms with Crippen molar-refractivity contribution in [3.8, 4) is 5.75 Å². The van der Waals surface area contributed by atoms with Gasteiger partial charge in [0.1, 0.15) is 5.75 Å². The lowest BCUT2D eigenvalue weighted by molar-refractivity contribution is -0.129. The molecule has 0 spiro atoms. The van der Waals surface area contributed by atoms with Gasteiger partial charge in [-0.1, -0.05) is 26.0 Å². The van der Waals surface area contributed by atoms with E-state index in [1.807, 2.05) is 53.4 Å². The zero-order chi connectivity index (χ0) is 20.8. The molecule has 0 unspecified atom stereocenters. The van der Waals surface area contributed by atoms with Crippen LogP contribution in [0.5, 0.6) is 5.75 Å². The third kappa shape index (κ3) is 5.73. The van der Waals surface area contributed by atoms with Gasteiger partial charge in [0, 0.05) is 44.5 Å². The molecule has 0 saturated carbocycles. The lowest BCUT2D eigenvalue weighted by Crippen LogP contribution is -2.48. The van der Waals surface area contributed by atoms with Crippen LogP contribution in [0.25, 0.3) is 0 Å². The molecule has 0 bridgehead atoms. The normalized spacial score (nSPS) is 14.1. The van der Waals surface area contributed by atoms with E-state index in [1.165, 1.54) is 5.56 Å². The molecular weight excluding hydrogens is 366 g/mol. The Balaban J connectivity index is 1.46. The Labute approximate surface area is 172 Å². The first-order valence-electron chi connectivity index (χ1n) is 10.1. The number of carbonyl (C=O) groups is 2. The average Bonchev–Trinajstić information content (AvgIpc) is 2.73. The predicted molar refractivity (Wildman–Crippen MR) is 116 cm³/mol. The van der Waals surface area contributed by atoms with Crippen LogP contribution in [-0.2, 0) is 9.59 Å². The van der Waals surface area contributed by atoms with Gasteiger partial charge in [-0.15, -0.1) is 0 Å². The van der Waals surface area contributed by atoms with Crippen molar-refractivity contribution in [2.45, 2.75) is 26.7 Å². The van der Waals surface area contributed by atoms with E-state index in [1.54, 1.807) is 6.92 Å². The Morgan fingerprint density at radius 1 is 0.966 bits per heavy atom. The molecule has 3 rings (SSSR count). The Hall–Kier alpha value is -3.02. The summed E-state index contributed by atoms with van der Waals surface area (Å²) in [6.07, 6.45) is 0. The van der Waals surface area contributed by atoms with E-state index in [0.717, 1.165) is 37.6 Å². The van der Waals surface area contributed by atoms with Crippen molar-refractivity contribution >= 4 is 23.2 Å². The van der Waals surface area contributed by atoms with Crippen molar-refractivity contribution in [3.05, 3.63) is 54.1 Å². The molecule has 1 fully saturated rings. The van der Waals surface area contributed by atoms with Crippen molar-refractivity contribution < 1.29 is 14.3 Å². The Bertz CT molecular complexity index is 823. The summed E-state index contributed by atoms with van der Waals surface area (Å²) in [7, 11) is 0. The summed E-state index contributed by atoms with van der Waals surface area (Å²) < 4.78 is 5.57. The van der Waals surface area contributed by atoms with E-state index in [-0.39, 0.29) is 18.4 Å². The van der Waals surface area contributed by atoms with Crippen LogP contribution >= 0.6 is 0 Å². The van der Waals surface area contributed by atoms with Crippen LogP contribution in [0.2, 0.25) is 0 Å². The summed E-state index contributed by atoms with van der Waals surface area (Å²) in [5, 5.41) is 2.86. The number of benzene rings is 2. The number of nitrogens with one attached hydrogen (secondary N) is 1. The first-order valence-corrected chi connectivity index (χ1v) is 10.1. The second kappa shape index (κ2) is 9.45. The maximum atomic E-state index is 12.2. The maximum Gasteiger partial charge on any atom is 0.262 e. The second-order valence-corrected chi connectivity index (χ2v) is 7.60. The van der Waals surface area contributed by atoms with E-state index in [2.05, 4.69) is 24.1 Å². The van der Waals surface area contributed by atoms with Gasteiger partial charge in [0.05, 0.1) is 0 Å². The first-order chi connectivity index (χ1) is 13.9. The fraction of sp³-hybridized carbons (Fsp3) is 0.391. The van der Waals surface area contributed by atoms with Crippen LogP contribution in [0.4, 0.5) is 11.4 Å². The third-order valence-electron chi connectivity index (χ3n) is 5.16. The number of nitrogens with zero attached hydrogens (tertiary/aromatic N) is 2. The molecule has 6 heteroatoms. The Kier molecular flexibility index (Phi) is 6.75. The van der Waals surface area contributed by atoms with Crippen LogP contribution in [0, 0.1) is 0 Å². The predicted octanol–water partition coefficient (Wildman–Crippen LogP) is 3.50. The zero-order valence-corrected chi connectivity index (χ0v) is 17.4. The molecule has 2 amide bonds. The van der Waals surface area contributed by atoms with Gasteiger partial charge in [0.15, 0.2) is 6.61 Å². The minimum atomic E-state index is -0.194. The highest BCUT2D eigenvalue weighted by molar-refractivity contribution is 5.92. The molecule has 1 N–H and O–H groups in total. The monoisotopic (exact) mass is 395 g/mol. The number of ether oxygens (including phenoxy) is 1. The highest BCUT2D eigenvalue weighted by Gasteiger charge is 2.18. The van der Waals surface area contributed by atoms with Gasteiger partial charge in [-0.25, -0.2) is 0 Å².